The Morgan fingerprint density at radius 1 is 1.05 bits per heavy atom. The number of phenolic OH excluding ortho intramolecular Hbond substituents is 1. The lowest BCUT2D eigenvalue weighted by Gasteiger charge is -2.12. The molecule has 37 heavy (non-hydrogen) atoms. The zero-order valence-corrected chi connectivity index (χ0v) is 20.8. The predicted molar refractivity (Wildman–Crippen MR) is 142 cm³/mol. The van der Waals surface area contributed by atoms with Gasteiger partial charge in [-0.05, 0) is 54.8 Å². The van der Waals surface area contributed by atoms with E-state index in [2.05, 4.69) is 20.7 Å². The molecule has 2 aromatic heterocycles. The maximum atomic E-state index is 13.2. The van der Waals surface area contributed by atoms with Crippen molar-refractivity contribution in [2.24, 2.45) is 0 Å². The van der Waals surface area contributed by atoms with Gasteiger partial charge in [0.2, 0.25) is 0 Å². The lowest BCUT2D eigenvalue weighted by molar-refractivity contribution is 0.102. The van der Waals surface area contributed by atoms with Crippen molar-refractivity contribution in [2.45, 2.75) is 38.1 Å². The van der Waals surface area contributed by atoms with Crippen LogP contribution in [0.2, 0.25) is 5.02 Å². The van der Waals surface area contributed by atoms with Gasteiger partial charge in [0.05, 0.1) is 17.0 Å². The zero-order valence-electron chi connectivity index (χ0n) is 20.0. The molecule has 1 fully saturated rings. The number of aromatic nitrogens is 3. The van der Waals surface area contributed by atoms with E-state index < -0.39 is 0 Å². The molecule has 3 N–H and O–H groups in total. The molecule has 2 aromatic carbocycles. The summed E-state index contributed by atoms with van der Waals surface area (Å²) in [5.74, 6) is -0.168. The number of benzene rings is 2. The molecule has 0 aliphatic heterocycles. The number of hydrogen-bond donors (Lipinski definition) is 3. The van der Waals surface area contributed by atoms with Crippen molar-refractivity contribution in [3.63, 3.8) is 0 Å². The molecular weight excluding hydrogens is 490 g/mol. The quantitative estimate of drug-likeness (QED) is 0.293. The van der Waals surface area contributed by atoms with Crippen molar-refractivity contribution < 1.29 is 14.7 Å². The van der Waals surface area contributed by atoms with E-state index in [1.807, 2.05) is 24.3 Å². The minimum atomic E-state index is -0.354. The molecule has 1 saturated carbocycles. The normalized spacial score (nSPS) is 13.4. The Morgan fingerprint density at radius 2 is 1.86 bits per heavy atom. The van der Waals surface area contributed by atoms with Crippen molar-refractivity contribution in [1.29, 1.82) is 0 Å². The molecule has 1 aliphatic carbocycles. The first-order valence-corrected chi connectivity index (χ1v) is 12.5. The number of nitrogens with one attached hydrogen (secondary N) is 2. The Labute approximate surface area is 219 Å². The maximum absolute atomic E-state index is 13.2. The van der Waals surface area contributed by atoms with E-state index in [4.69, 9.17) is 11.6 Å². The van der Waals surface area contributed by atoms with Gasteiger partial charge in [-0.3, -0.25) is 9.78 Å². The average molecular weight is 516 g/mol. The summed E-state index contributed by atoms with van der Waals surface area (Å²) in [5.41, 5.74) is 3.43. The van der Waals surface area contributed by atoms with Gasteiger partial charge in [-0.1, -0.05) is 42.6 Å². The number of phenols is 1. The van der Waals surface area contributed by atoms with Gasteiger partial charge in [-0.25, -0.2) is 4.79 Å². The summed E-state index contributed by atoms with van der Waals surface area (Å²) in [6.45, 7) is 0.272. The number of amides is 2. The highest BCUT2D eigenvalue weighted by molar-refractivity contribution is 6.31. The van der Waals surface area contributed by atoms with Gasteiger partial charge < -0.3 is 15.7 Å². The van der Waals surface area contributed by atoms with E-state index >= 15 is 0 Å². The Balaban J connectivity index is 1.39. The summed E-state index contributed by atoms with van der Waals surface area (Å²) in [7, 11) is 0. The number of pyridine rings is 1. The highest BCUT2D eigenvalue weighted by Crippen LogP contribution is 2.38. The molecule has 0 atom stereocenters. The maximum Gasteiger partial charge on any atom is 0.342 e. The van der Waals surface area contributed by atoms with Gasteiger partial charge in [0.25, 0.3) is 5.91 Å². The van der Waals surface area contributed by atoms with Crippen molar-refractivity contribution >= 4 is 29.2 Å². The monoisotopic (exact) mass is 515 g/mol. The molecule has 4 aromatic rings. The minimum absolute atomic E-state index is 0.0527. The summed E-state index contributed by atoms with van der Waals surface area (Å²) in [4.78, 5) is 29.6. The number of hydrogen-bond acceptors (Lipinski definition) is 5. The molecule has 8 nitrogen and oxygen atoms in total. The lowest BCUT2D eigenvalue weighted by Crippen LogP contribution is -2.30. The molecular formula is C28H26ClN5O3. The first-order chi connectivity index (χ1) is 18.0. The number of carbonyl (C=O) groups is 2. The van der Waals surface area contributed by atoms with Crippen LogP contribution in [-0.2, 0) is 6.54 Å². The van der Waals surface area contributed by atoms with Crippen LogP contribution in [0.25, 0.3) is 11.3 Å². The van der Waals surface area contributed by atoms with E-state index in [9.17, 15) is 14.7 Å². The highest BCUT2D eigenvalue weighted by Gasteiger charge is 2.26. The van der Waals surface area contributed by atoms with Gasteiger partial charge in [-0.15, -0.1) is 0 Å². The summed E-state index contributed by atoms with van der Waals surface area (Å²) in [6.07, 6.45) is 7.22. The van der Waals surface area contributed by atoms with Crippen molar-refractivity contribution in [2.75, 3.05) is 5.32 Å². The van der Waals surface area contributed by atoms with Crippen LogP contribution in [-0.4, -0.2) is 31.8 Å². The van der Waals surface area contributed by atoms with Gasteiger partial charge in [0.1, 0.15) is 5.75 Å². The average Bonchev–Trinajstić information content (AvgIpc) is 3.59. The second kappa shape index (κ2) is 10.8. The van der Waals surface area contributed by atoms with Crippen LogP contribution in [0.1, 0.15) is 53.2 Å². The topological polar surface area (TPSA) is 109 Å². The van der Waals surface area contributed by atoms with Crippen LogP contribution in [0.3, 0.4) is 0 Å². The molecule has 2 amide bonds. The summed E-state index contributed by atoms with van der Waals surface area (Å²) in [6, 6.07) is 17.0. The third kappa shape index (κ3) is 5.49. The second-order valence-electron chi connectivity index (χ2n) is 9.03. The Kier molecular flexibility index (Phi) is 7.18. The van der Waals surface area contributed by atoms with Crippen LogP contribution < -0.4 is 10.6 Å². The number of carbonyl (C=O) groups excluding carboxylic acids is 2. The van der Waals surface area contributed by atoms with E-state index in [0.29, 0.717) is 27.5 Å². The molecule has 188 valence electrons. The van der Waals surface area contributed by atoms with Gasteiger partial charge >= 0.3 is 6.03 Å². The van der Waals surface area contributed by atoms with E-state index in [-0.39, 0.29) is 30.2 Å². The molecule has 9 heteroatoms. The minimum Gasteiger partial charge on any atom is -0.507 e. The molecule has 5 rings (SSSR count). The molecule has 0 bridgehead atoms. The van der Waals surface area contributed by atoms with Crippen LogP contribution in [0.4, 0.5) is 10.5 Å². The fourth-order valence-electron chi connectivity index (χ4n) is 4.62. The molecule has 2 heterocycles. The van der Waals surface area contributed by atoms with E-state index in [1.165, 1.54) is 16.9 Å². The molecule has 0 spiro atoms. The fraction of sp³-hybridized carbons (Fsp3) is 0.214. The standard InChI is InChI=1S/C28H26ClN5O3/c29-23-10-4-3-8-19(23)17-31-28(37)34-25(18-6-1-2-7-18)15-24(33-34)22-12-11-21(14-26(22)35)32-27(36)20-9-5-13-30-16-20/h3-5,8-16,18,35H,1-2,6-7,17H2,(H,31,37)(H,32,36). The third-order valence-electron chi connectivity index (χ3n) is 6.55. The first kappa shape index (κ1) is 24.5. The summed E-state index contributed by atoms with van der Waals surface area (Å²) >= 11 is 6.24. The molecule has 0 saturated heterocycles. The van der Waals surface area contributed by atoms with Gasteiger partial charge in [0.15, 0.2) is 0 Å². The largest absolute Gasteiger partial charge is 0.507 e. The Bertz CT molecular complexity index is 1430. The molecule has 0 unspecified atom stereocenters. The van der Waals surface area contributed by atoms with E-state index in [0.717, 1.165) is 36.9 Å². The molecule has 0 radical (unpaired) electrons. The zero-order chi connectivity index (χ0) is 25.8. The fourth-order valence-corrected chi connectivity index (χ4v) is 4.82. The van der Waals surface area contributed by atoms with Crippen LogP contribution in [0.15, 0.2) is 73.1 Å². The molecule has 1 aliphatic rings. The Morgan fingerprint density at radius 3 is 2.59 bits per heavy atom. The Hall–Kier alpha value is -4.17. The number of halogens is 1. The van der Waals surface area contributed by atoms with Crippen LogP contribution in [0.5, 0.6) is 5.75 Å². The first-order valence-electron chi connectivity index (χ1n) is 12.2. The van der Waals surface area contributed by atoms with Crippen LogP contribution in [0, 0.1) is 0 Å². The van der Waals surface area contributed by atoms with Gasteiger partial charge in [0, 0.05) is 47.2 Å². The third-order valence-corrected chi connectivity index (χ3v) is 6.91. The van der Waals surface area contributed by atoms with Crippen molar-refractivity contribution in [3.8, 4) is 17.0 Å². The van der Waals surface area contributed by atoms with Gasteiger partial charge in [-0.2, -0.15) is 9.78 Å². The number of nitrogens with zero attached hydrogens (tertiary/aromatic N) is 3. The van der Waals surface area contributed by atoms with Crippen molar-refractivity contribution in [1.82, 2.24) is 20.1 Å². The number of anilines is 1. The predicted octanol–water partition coefficient (Wildman–Crippen LogP) is 5.97. The smallest absolute Gasteiger partial charge is 0.342 e. The second-order valence-corrected chi connectivity index (χ2v) is 9.43. The van der Waals surface area contributed by atoms with E-state index in [1.54, 1.807) is 36.5 Å². The van der Waals surface area contributed by atoms with Crippen molar-refractivity contribution in [3.05, 3.63) is 94.9 Å². The number of aromatic hydroxyl groups is 1. The summed E-state index contributed by atoms with van der Waals surface area (Å²) in [5, 5.41) is 21.6. The lowest BCUT2D eigenvalue weighted by atomic mass is 10.0. The summed E-state index contributed by atoms with van der Waals surface area (Å²) < 4.78 is 1.40. The van der Waals surface area contributed by atoms with Crippen LogP contribution >= 0.6 is 11.6 Å². The highest BCUT2D eigenvalue weighted by atomic mass is 35.5. The number of rotatable bonds is 6. The SMILES string of the molecule is O=C(Nc1ccc(-c2cc(C3CCCC3)n(C(=O)NCc3ccccc3Cl)n2)c(O)c1)c1cccnc1.